The largest absolute Gasteiger partial charge is 0.465 e. The maximum absolute atomic E-state index is 13.7. The number of carboxylic acid groups (broad SMARTS) is 1. The van der Waals surface area contributed by atoms with Gasteiger partial charge in [-0.25, -0.2) is 9.18 Å². The maximum atomic E-state index is 13.7. The molecule has 1 N–H and O–H groups in total. The monoisotopic (exact) mass is 464 g/mol. The van der Waals surface area contributed by atoms with Gasteiger partial charge in [-0.3, -0.25) is 0 Å². The summed E-state index contributed by atoms with van der Waals surface area (Å²) in [4.78, 5) is 19.8. The molecule has 2 fully saturated rings. The number of aryl methyl sites for hydroxylation is 1. The summed E-state index contributed by atoms with van der Waals surface area (Å²) in [5.74, 6) is 0.689. The molecule has 0 spiro atoms. The zero-order chi connectivity index (χ0) is 21.5. The molecular weight excluding hydrogens is 439 g/mol. The smallest absolute Gasteiger partial charge is 0.407 e. The average molecular weight is 465 g/mol. The zero-order valence-corrected chi connectivity index (χ0v) is 18.6. The number of benzene rings is 1. The molecule has 1 amide bonds. The number of hydrogen-bond acceptors (Lipinski definition) is 6. The summed E-state index contributed by atoms with van der Waals surface area (Å²) < 4.78 is 20.8. The second-order valence-corrected chi connectivity index (χ2v) is 8.44. The topological polar surface area (TPSA) is 101 Å². The summed E-state index contributed by atoms with van der Waals surface area (Å²) in [5, 5.41) is 18.7. The van der Waals surface area contributed by atoms with Gasteiger partial charge in [-0.15, -0.1) is 12.4 Å². The number of aromatic nitrogens is 4. The summed E-state index contributed by atoms with van der Waals surface area (Å²) in [6, 6.07) is 4.63. The predicted molar refractivity (Wildman–Crippen MR) is 117 cm³/mol. The Hall–Kier alpha value is -2.72. The number of likely N-dealkylation sites (tertiary alicyclic amines) is 2. The van der Waals surface area contributed by atoms with Crippen LogP contribution in [0.4, 0.5) is 9.18 Å². The fourth-order valence-corrected chi connectivity index (χ4v) is 4.81. The van der Waals surface area contributed by atoms with Crippen LogP contribution in [0.1, 0.15) is 43.2 Å². The van der Waals surface area contributed by atoms with Crippen LogP contribution in [0.2, 0.25) is 0 Å². The fourth-order valence-electron chi connectivity index (χ4n) is 4.81. The number of piperidine rings is 1. The van der Waals surface area contributed by atoms with Crippen molar-refractivity contribution in [2.45, 2.75) is 44.6 Å². The second-order valence-electron chi connectivity index (χ2n) is 8.44. The van der Waals surface area contributed by atoms with Gasteiger partial charge < -0.3 is 19.4 Å². The van der Waals surface area contributed by atoms with Crippen molar-refractivity contribution >= 4 is 29.4 Å². The van der Waals surface area contributed by atoms with E-state index in [9.17, 15) is 14.3 Å². The van der Waals surface area contributed by atoms with Crippen LogP contribution in [0.25, 0.3) is 16.9 Å². The number of hydrogen-bond donors (Lipinski definition) is 1. The minimum Gasteiger partial charge on any atom is -0.465 e. The van der Waals surface area contributed by atoms with Gasteiger partial charge in [-0.1, -0.05) is 0 Å². The van der Waals surface area contributed by atoms with E-state index in [-0.39, 0.29) is 30.2 Å². The molecule has 2 saturated heterocycles. The van der Waals surface area contributed by atoms with E-state index < -0.39 is 6.09 Å². The summed E-state index contributed by atoms with van der Waals surface area (Å²) in [7, 11) is 0. The van der Waals surface area contributed by atoms with E-state index in [0.29, 0.717) is 23.9 Å². The molecule has 0 saturated carbocycles. The highest BCUT2D eigenvalue weighted by atomic mass is 35.5. The molecule has 11 heteroatoms. The molecule has 172 valence electrons. The Balaban J connectivity index is 0.00000245. The molecule has 32 heavy (non-hydrogen) atoms. The number of fused-ring (bicyclic) bond motifs is 1. The molecule has 0 bridgehead atoms. The molecule has 0 unspecified atom stereocenters. The van der Waals surface area contributed by atoms with Gasteiger partial charge in [0.05, 0.1) is 11.2 Å². The fraction of sp³-hybridized carbons (Fsp3) is 0.524. The van der Waals surface area contributed by atoms with Crippen LogP contribution in [-0.4, -0.2) is 73.1 Å². The van der Waals surface area contributed by atoms with E-state index in [2.05, 4.69) is 20.1 Å². The van der Waals surface area contributed by atoms with Crippen molar-refractivity contribution in [1.82, 2.24) is 29.7 Å². The van der Waals surface area contributed by atoms with Crippen molar-refractivity contribution in [1.29, 1.82) is 0 Å². The van der Waals surface area contributed by atoms with Gasteiger partial charge in [-0.2, -0.15) is 14.8 Å². The zero-order valence-electron chi connectivity index (χ0n) is 17.8. The summed E-state index contributed by atoms with van der Waals surface area (Å²) in [6.45, 7) is 5.00. The highest BCUT2D eigenvalue weighted by molar-refractivity contribution is 5.85. The van der Waals surface area contributed by atoms with Crippen LogP contribution in [-0.2, 0) is 0 Å². The van der Waals surface area contributed by atoms with E-state index in [0.717, 1.165) is 56.4 Å². The number of nitrogens with zero attached hydrogens (tertiary/aromatic N) is 6. The molecule has 2 aliphatic heterocycles. The molecule has 3 aromatic rings. The van der Waals surface area contributed by atoms with Crippen molar-refractivity contribution in [3.8, 4) is 5.95 Å². The molecule has 1 aromatic carbocycles. The van der Waals surface area contributed by atoms with Crippen LogP contribution in [0.3, 0.4) is 0 Å². The lowest BCUT2D eigenvalue weighted by Crippen LogP contribution is -2.45. The average Bonchev–Trinajstić information content (AvgIpc) is 3.48. The first-order valence-electron chi connectivity index (χ1n) is 10.7. The standard InChI is InChI=1S/C21H25FN6O3.ClH/c1-13-17-5-4-15(22)11-18(17)28(24-13)20-23-19(31-25-20)14-6-9-26(10-7-14)12-16-3-2-8-27(16)21(29)30;/h4-5,11,14,16H,2-3,6-10,12H2,1H3,(H,29,30);1H/t16-;/m0./s1. The third-order valence-corrected chi connectivity index (χ3v) is 6.48. The Morgan fingerprint density at radius 2 is 2.03 bits per heavy atom. The molecule has 0 aliphatic carbocycles. The van der Waals surface area contributed by atoms with E-state index >= 15 is 0 Å². The molecular formula is C21H26ClFN6O3. The lowest BCUT2D eigenvalue weighted by Gasteiger charge is -2.34. The number of rotatable bonds is 4. The second kappa shape index (κ2) is 9.03. The van der Waals surface area contributed by atoms with Crippen LogP contribution < -0.4 is 0 Å². The third kappa shape index (κ3) is 4.16. The van der Waals surface area contributed by atoms with Crippen molar-refractivity contribution in [2.75, 3.05) is 26.2 Å². The van der Waals surface area contributed by atoms with Crippen molar-refractivity contribution in [3.63, 3.8) is 0 Å². The van der Waals surface area contributed by atoms with Gasteiger partial charge in [-0.05, 0) is 63.0 Å². The lowest BCUT2D eigenvalue weighted by molar-refractivity contribution is 0.115. The van der Waals surface area contributed by atoms with Crippen LogP contribution >= 0.6 is 12.4 Å². The summed E-state index contributed by atoms with van der Waals surface area (Å²) >= 11 is 0. The number of carbonyl (C=O) groups is 1. The minimum absolute atomic E-state index is 0. The molecule has 9 nitrogen and oxygen atoms in total. The first-order chi connectivity index (χ1) is 15.0. The first kappa shape index (κ1) is 22.5. The van der Waals surface area contributed by atoms with Gasteiger partial charge in [0.1, 0.15) is 5.82 Å². The van der Waals surface area contributed by atoms with Gasteiger partial charge in [0.15, 0.2) is 0 Å². The lowest BCUT2D eigenvalue weighted by atomic mass is 9.96. The molecule has 2 aromatic heterocycles. The quantitative estimate of drug-likeness (QED) is 0.629. The highest BCUT2D eigenvalue weighted by Crippen LogP contribution is 2.29. The first-order valence-corrected chi connectivity index (χ1v) is 10.7. The molecule has 4 heterocycles. The Kier molecular flexibility index (Phi) is 6.34. The highest BCUT2D eigenvalue weighted by Gasteiger charge is 2.32. The summed E-state index contributed by atoms with van der Waals surface area (Å²) in [5.41, 5.74) is 1.39. The van der Waals surface area contributed by atoms with Crippen LogP contribution in [0.15, 0.2) is 22.7 Å². The molecule has 2 aliphatic rings. The van der Waals surface area contributed by atoms with Gasteiger partial charge in [0, 0.05) is 36.5 Å². The van der Waals surface area contributed by atoms with E-state index in [4.69, 9.17) is 4.52 Å². The van der Waals surface area contributed by atoms with Crippen LogP contribution in [0, 0.1) is 12.7 Å². The van der Waals surface area contributed by atoms with Crippen LogP contribution in [0.5, 0.6) is 0 Å². The third-order valence-electron chi connectivity index (χ3n) is 6.48. The van der Waals surface area contributed by atoms with Gasteiger partial charge >= 0.3 is 6.09 Å². The maximum Gasteiger partial charge on any atom is 0.407 e. The minimum atomic E-state index is -0.822. The van der Waals surface area contributed by atoms with Gasteiger partial charge in [0.2, 0.25) is 5.89 Å². The Morgan fingerprint density at radius 1 is 1.25 bits per heavy atom. The normalized spacial score (nSPS) is 20.1. The molecule has 5 rings (SSSR count). The van der Waals surface area contributed by atoms with Crippen molar-refractivity contribution in [3.05, 3.63) is 35.6 Å². The van der Waals surface area contributed by atoms with E-state index in [1.54, 1.807) is 11.0 Å². The Labute approximate surface area is 190 Å². The summed E-state index contributed by atoms with van der Waals surface area (Å²) in [6.07, 6.45) is 2.78. The Morgan fingerprint density at radius 3 is 2.78 bits per heavy atom. The van der Waals surface area contributed by atoms with E-state index in [1.807, 2.05) is 6.92 Å². The Bertz CT molecular complexity index is 1110. The number of amides is 1. The number of halogens is 2. The van der Waals surface area contributed by atoms with Crippen molar-refractivity contribution in [2.24, 2.45) is 0 Å². The van der Waals surface area contributed by atoms with E-state index in [1.165, 1.54) is 16.8 Å². The predicted octanol–water partition coefficient (Wildman–Crippen LogP) is 3.60. The van der Waals surface area contributed by atoms with Gasteiger partial charge in [0.25, 0.3) is 5.95 Å². The molecule has 1 atom stereocenters. The van der Waals surface area contributed by atoms with Crippen molar-refractivity contribution < 1.29 is 18.8 Å². The SMILES string of the molecule is Cc1nn(-c2noc(C3CCN(C[C@@H]4CCCN4C(=O)O)CC3)n2)c2cc(F)ccc12.Cl. The molecule has 0 radical (unpaired) electrons.